The van der Waals surface area contributed by atoms with Crippen LogP contribution in [0.5, 0.6) is 0 Å². The van der Waals surface area contributed by atoms with Crippen LogP contribution in [0.1, 0.15) is 5.56 Å². The number of nitrogens with two attached hydrogens (primary N) is 1. The monoisotopic (exact) mass is 457 g/mol. The largest absolute Gasteiger partial charge is 0.378 e. The fourth-order valence-electron chi connectivity index (χ4n) is 3.81. The van der Waals surface area contributed by atoms with Crippen molar-refractivity contribution in [3.05, 3.63) is 65.9 Å². The molecule has 168 valence electrons. The number of amides is 1. The molecule has 2 aliphatic rings. The van der Waals surface area contributed by atoms with E-state index in [1.165, 1.54) is 18.1 Å². The van der Waals surface area contributed by atoms with E-state index in [2.05, 4.69) is 0 Å². The Morgan fingerprint density at radius 3 is 2.44 bits per heavy atom. The highest BCUT2D eigenvalue weighted by Crippen LogP contribution is 2.35. The smallest absolute Gasteiger partial charge is 0.274 e. The molecule has 0 saturated carbocycles. The minimum Gasteiger partial charge on any atom is -0.378 e. The number of benzene rings is 2. The molecular formula is C22H25N4O5S+. The van der Waals surface area contributed by atoms with Gasteiger partial charge in [-0.3, -0.25) is 15.5 Å². The molecule has 2 heterocycles. The number of hydrogen-bond donors (Lipinski definition) is 2. The van der Waals surface area contributed by atoms with Crippen LogP contribution in [0.3, 0.4) is 0 Å². The Balaban J connectivity index is 1.90. The lowest BCUT2D eigenvalue weighted by Gasteiger charge is -2.33. The minimum absolute atomic E-state index is 0.00546. The van der Waals surface area contributed by atoms with E-state index in [-0.39, 0.29) is 17.3 Å². The number of carbonyl (C=O) groups is 1. The number of quaternary nitrogens is 1. The highest BCUT2D eigenvalue weighted by Gasteiger charge is 2.43. The van der Waals surface area contributed by atoms with Crippen molar-refractivity contribution < 1.29 is 28.0 Å². The van der Waals surface area contributed by atoms with Crippen LogP contribution in [0, 0.1) is 5.41 Å². The van der Waals surface area contributed by atoms with Crippen LogP contribution in [0.4, 0.5) is 5.69 Å². The lowest BCUT2D eigenvalue weighted by atomic mass is 10.1. The van der Waals surface area contributed by atoms with Gasteiger partial charge in [-0.05, 0) is 24.3 Å². The maximum absolute atomic E-state index is 13.5. The lowest BCUT2D eigenvalue weighted by molar-refractivity contribution is -0.470. The van der Waals surface area contributed by atoms with Crippen LogP contribution in [0.2, 0.25) is 0 Å². The predicted octanol–water partition coefficient (Wildman–Crippen LogP) is 0.737. The number of morpholine rings is 1. The van der Waals surface area contributed by atoms with Gasteiger partial charge in [0.2, 0.25) is 0 Å². The number of rotatable bonds is 6. The van der Waals surface area contributed by atoms with E-state index in [0.29, 0.717) is 37.6 Å². The van der Waals surface area contributed by atoms with E-state index < -0.39 is 21.6 Å². The average Bonchev–Trinajstić information content (AvgIpc) is 2.83. The number of fused-ring (bicyclic) bond motifs is 1. The normalized spacial score (nSPS) is 17.8. The van der Waals surface area contributed by atoms with Crippen molar-refractivity contribution in [2.75, 3.05) is 40.1 Å². The highest BCUT2D eigenvalue weighted by molar-refractivity contribution is 7.89. The Kier molecular flexibility index (Phi) is 6.38. The molecule has 1 saturated heterocycles. The summed E-state index contributed by atoms with van der Waals surface area (Å²) in [4.78, 5) is 14.8. The first-order valence-corrected chi connectivity index (χ1v) is 11.6. The van der Waals surface area contributed by atoms with Crippen molar-refractivity contribution >= 4 is 33.0 Å². The summed E-state index contributed by atoms with van der Waals surface area (Å²) in [5, 5.41) is 10.6. The summed E-state index contributed by atoms with van der Waals surface area (Å²) < 4.78 is 38.4. The van der Waals surface area contributed by atoms with Gasteiger partial charge < -0.3 is 14.4 Å². The third-order valence-electron chi connectivity index (χ3n) is 5.36. The van der Waals surface area contributed by atoms with Gasteiger partial charge in [0.05, 0.1) is 18.8 Å². The second-order valence-corrected chi connectivity index (χ2v) is 9.20. The quantitative estimate of drug-likeness (QED) is 0.490. The van der Waals surface area contributed by atoms with E-state index in [0.717, 1.165) is 9.99 Å². The molecule has 32 heavy (non-hydrogen) atoms. The molecule has 2 aliphatic heterocycles. The van der Waals surface area contributed by atoms with E-state index in [9.17, 15) is 13.2 Å². The summed E-state index contributed by atoms with van der Waals surface area (Å²) in [5.74, 6) is -0.544. The summed E-state index contributed by atoms with van der Waals surface area (Å²) in [5.41, 5.74) is 1.34. The van der Waals surface area contributed by atoms with Gasteiger partial charge in [0, 0.05) is 20.2 Å². The Labute approximate surface area is 186 Å². The molecule has 1 amide bonds. The van der Waals surface area contributed by atoms with Gasteiger partial charge >= 0.3 is 0 Å². The number of sulfonamides is 1. The van der Waals surface area contributed by atoms with Crippen molar-refractivity contribution in [1.82, 2.24) is 9.21 Å². The Bertz CT molecular complexity index is 1160. The predicted molar refractivity (Wildman–Crippen MR) is 117 cm³/mol. The van der Waals surface area contributed by atoms with Gasteiger partial charge in [-0.15, -0.1) is 0 Å². The molecule has 0 bridgehead atoms. The van der Waals surface area contributed by atoms with Crippen LogP contribution in [-0.2, 0) is 24.3 Å². The number of hydrogen-bond acceptors (Lipinski definition) is 6. The van der Waals surface area contributed by atoms with Gasteiger partial charge in [0.1, 0.15) is 23.0 Å². The number of methoxy groups -OCH3 is 1. The zero-order chi connectivity index (χ0) is 22.7. The molecule has 1 fully saturated rings. The fraction of sp³-hybridized carbons (Fsp3) is 0.273. The molecule has 9 nitrogen and oxygen atoms in total. The van der Waals surface area contributed by atoms with Crippen molar-refractivity contribution in [1.29, 1.82) is 5.41 Å². The first-order valence-electron chi connectivity index (χ1n) is 10.2. The van der Waals surface area contributed by atoms with E-state index in [1.54, 1.807) is 23.5 Å². The molecule has 0 aromatic heterocycles. The van der Waals surface area contributed by atoms with Crippen molar-refractivity contribution in [2.24, 2.45) is 0 Å². The molecule has 0 radical (unpaired) electrons. The second-order valence-electron chi connectivity index (χ2n) is 7.36. The Morgan fingerprint density at radius 2 is 1.75 bits per heavy atom. The van der Waals surface area contributed by atoms with Gasteiger partial charge in [0.15, 0.2) is 11.4 Å². The Hall–Kier alpha value is -3.05. The van der Waals surface area contributed by atoms with Gasteiger partial charge in [-0.2, -0.15) is 0 Å². The maximum atomic E-state index is 13.5. The lowest BCUT2D eigenvalue weighted by Crippen LogP contribution is -2.76. The average molecular weight is 458 g/mol. The standard InChI is InChI=1S/C22H24N4O5S/c1-30-15-26-21(19(23)22(27)25-11-13-31-14-12-25)20(24-16-7-3-2-4-8-16)17-9-5-6-10-18(17)32(26,28)29/h2-10,23-24H,11-15H2,1H3/p+1. The third kappa shape index (κ3) is 4.05. The molecular weight excluding hydrogens is 432 g/mol. The van der Waals surface area contributed by atoms with Crippen LogP contribution in [0.25, 0.3) is 5.70 Å². The Morgan fingerprint density at radius 1 is 1.09 bits per heavy atom. The van der Waals surface area contributed by atoms with Crippen molar-refractivity contribution in [2.45, 2.75) is 4.90 Å². The van der Waals surface area contributed by atoms with Gasteiger partial charge in [-0.1, -0.05) is 30.3 Å². The van der Waals surface area contributed by atoms with Crippen molar-refractivity contribution in [3.8, 4) is 0 Å². The van der Waals surface area contributed by atoms with Crippen LogP contribution >= 0.6 is 0 Å². The molecule has 10 heteroatoms. The van der Waals surface area contributed by atoms with Crippen LogP contribution in [0.15, 0.2) is 65.2 Å². The molecule has 4 rings (SSSR count). The molecule has 2 aromatic carbocycles. The SMILES string of the molecule is COCN1C(C(=N)C(=O)N2CCOCC2)=C([NH2+]c2ccccc2)c2ccccc2S1(=O)=O. The van der Waals surface area contributed by atoms with Crippen LogP contribution < -0.4 is 5.32 Å². The maximum Gasteiger partial charge on any atom is 0.274 e. The number of carbonyl (C=O) groups excluding carboxylic acids is 1. The van der Waals surface area contributed by atoms with E-state index in [4.69, 9.17) is 14.9 Å². The zero-order valence-corrected chi connectivity index (χ0v) is 18.5. The van der Waals surface area contributed by atoms with E-state index >= 15 is 0 Å². The summed E-state index contributed by atoms with van der Waals surface area (Å²) in [7, 11) is -2.66. The molecule has 0 unspecified atom stereocenters. The second kappa shape index (κ2) is 9.21. The fourth-order valence-corrected chi connectivity index (χ4v) is 5.43. The first kappa shape index (κ1) is 22.2. The van der Waals surface area contributed by atoms with Crippen LogP contribution in [-0.4, -0.2) is 69.4 Å². The number of nitrogens with zero attached hydrogens (tertiary/aromatic N) is 2. The molecule has 3 N–H and O–H groups in total. The molecule has 0 spiro atoms. The molecule has 0 aliphatic carbocycles. The van der Waals surface area contributed by atoms with Gasteiger partial charge in [0.25, 0.3) is 15.9 Å². The molecule has 0 atom stereocenters. The number of ether oxygens (including phenoxy) is 2. The number of nitrogens with one attached hydrogen (secondary N) is 1. The number of para-hydroxylation sites is 1. The summed E-state index contributed by atoms with van der Waals surface area (Å²) in [6.07, 6.45) is 0. The van der Waals surface area contributed by atoms with E-state index in [1.807, 2.05) is 30.3 Å². The summed E-state index contributed by atoms with van der Waals surface area (Å²) >= 11 is 0. The highest BCUT2D eigenvalue weighted by atomic mass is 32.2. The summed E-state index contributed by atoms with van der Waals surface area (Å²) in [6, 6.07) is 16.0. The topological polar surface area (TPSA) is 117 Å². The van der Waals surface area contributed by atoms with Crippen molar-refractivity contribution in [3.63, 3.8) is 0 Å². The summed E-state index contributed by atoms with van der Waals surface area (Å²) in [6.45, 7) is 1.13. The molecule has 2 aromatic rings. The minimum atomic E-state index is -4.03. The zero-order valence-electron chi connectivity index (χ0n) is 17.7. The first-order chi connectivity index (χ1) is 15.4. The third-order valence-corrected chi connectivity index (χ3v) is 7.14. The van der Waals surface area contributed by atoms with Gasteiger partial charge in [-0.25, -0.2) is 12.7 Å².